The van der Waals surface area contributed by atoms with Crippen LogP contribution >= 0.6 is 12.6 Å². The molecule has 2 rings (SSSR count). The van der Waals surface area contributed by atoms with Gasteiger partial charge in [-0.3, -0.25) is 0 Å². The maximum absolute atomic E-state index is 5.52. The minimum Gasteiger partial charge on any atom is -0.494 e. The van der Waals surface area contributed by atoms with Crippen LogP contribution in [-0.2, 0) is 12.3 Å². The lowest BCUT2D eigenvalue weighted by molar-refractivity contribution is 0.340. The van der Waals surface area contributed by atoms with Gasteiger partial charge in [-0.1, -0.05) is 0 Å². The van der Waals surface area contributed by atoms with E-state index in [1.54, 1.807) is 0 Å². The summed E-state index contributed by atoms with van der Waals surface area (Å²) in [5.74, 6) is 2.53. The molecule has 1 aromatic heterocycles. The molecule has 1 heterocycles. The van der Waals surface area contributed by atoms with Crippen molar-refractivity contribution in [1.82, 2.24) is 14.5 Å². The highest BCUT2D eigenvalue weighted by Crippen LogP contribution is 2.22. The van der Waals surface area contributed by atoms with Gasteiger partial charge in [0.05, 0.1) is 17.6 Å². The van der Waals surface area contributed by atoms with Gasteiger partial charge in [-0.05, 0) is 33.2 Å². The van der Waals surface area contributed by atoms with Gasteiger partial charge in [-0.15, -0.1) is 0 Å². The highest BCUT2D eigenvalue weighted by Gasteiger charge is 2.10. The maximum atomic E-state index is 5.52. The minimum atomic E-state index is 0.645. The van der Waals surface area contributed by atoms with Gasteiger partial charge in [0.2, 0.25) is 0 Å². The zero-order chi connectivity index (χ0) is 13.8. The molecule has 0 amide bonds. The Morgan fingerprint density at radius 1 is 1.37 bits per heavy atom. The van der Waals surface area contributed by atoms with Crippen molar-refractivity contribution in [3.8, 4) is 5.75 Å². The Morgan fingerprint density at radius 2 is 2.16 bits per heavy atom. The van der Waals surface area contributed by atoms with Crippen molar-refractivity contribution < 1.29 is 4.74 Å². The van der Waals surface area contributed by atoms with Gasteiger partial charge < -0.3 is 14.2 Å². The fourth-order valence-electron chi connectivity index (χ4n) is 2.09. The summed E-state index contributed by atoms with van der Waals surface area (Å²) >= 11 is 4.37. The van der Waals surface area contributed by atoms with E-state index < -0.39 is 0 Å². The third-order valence-electron chi connectivity index (χ3n) is 3.02. The van der Waals surface area contributed by atoms with Crippen LogP contribution in [0, 0.1) is 0 Å². The van der Waals surface area contributed by atoms with Gasteiger partial charge in [0.25, 0.3) is 0 Å². The lowest BCUT2D eigenvalue weighted by Gasteiger charge is -2.12. The summed E-state index contributed by atoms with van der Waals surface area (Å²) in [7, 11) is 4.15. The van der Waals surface area contributed by atoms with E-state index in [0.29, 0.717) is 12.4 Å². The standard InChI is InChI=1S/C14H21N3OS/c1-4-18-11-5-6-13-12(9-11)15-14(10-19)17(13)8-7-16(2)3/h5-6,9,19H,4,7-8,10H2,1-3H3. The Labute approximate surface area is 119 Å². The summed E-state index contributed by atoms with van der Waals surface area (Å²) in [6, 6.07) is 6.08. The second kappa shape index (κ2) is 6.30. The molecule has 19 heavy (non-hydrogen) atoms. The van der Waals surface area contributed by atoms with Crippen molar-refractivity contribution in [2.24, 2.45) is 0 Å². The Kier molecular flexibility index (Phi) is 4.71. The summed E-state index contributed by atoms with van der Waals surface area (Å²) in [6.07, 6.45) is 0. The fraction of sp³-hybridized carbons (Fsp3) is 0.500. The summed E-state index contributed by atoms with van der Waals surface area (Å²) in [5, 5.41) is 0. The highest BCUT2D eigenvalue weighted by atomic mass is 32.1. The Hall–Kier alpha value is -1.20. The van der Waals surface area contributed by atoms with Gasteiger partial charge >= 0.3 is 0 Å². The van der Waals surface area contributed by atoms with Gasteiger partial charge in [0, 0.05) is 24.9 Å². The first kappa shape index (κ1) is 14.2. The number of likely N-dealkylation sites (N-methyl/N-ethyl adjacent to an activating group) is 1. The molecule has 0 spiro atoms. The summed E-state index contributed by atoms with van der Waals surface area (Å²) in [6.45, 7) is 4.57. The van der Waals surface area contributed by atoms with Crippen molar-refractivity contribution >= 4 is 23.7 Å². The normalized spacial score (nSPS) is 11.4. The molecule has 0 saturated heterocycles. The second-order valence-corrected chi connectivity index (χ2v) is 5.04. The molecule has 0 N–H and O–H groups in total. The summed E-state index contributed by atoms with van der Waals surface area (Å²) in [5.41, 5.74) is 2.13. The molecule has 0 atom stereocenters. The number of hydrogen-bond acceptors (Lipinski definition) is 4. The first-order valence-corrected chi connectivity index (χ1v) is 7.16. The molecule has 0 saturated carbocycles. The highest BCUT2D eigenvalue weighted by molar-refractivity contribution is 7.79. The first-order valence-electron chi connectivity index (χ1n) is 6.53. The molecule has 5 heteroatoms. The van der Waals surface area contributed by atoms with Gasteiger partial charge in [-0.25, -0.2) is 4.98 Å². The van der Waals surface area contributed by atoms with Crippen molar-refractivity contribution in [1.29, 1.82) is 0 Å². The number of aromatic nitrogens is 2. The summed E-state index contributed by atoms with van der Waals surface area (Å²) < 4.78 is 7.75. The number of nitrogens with zero attached hydrogens (tertiary/aromatic N) is 3. The number of rotatable bonds is 6. The number of hydrogen-bond donors (Lipinski definition) is 1. The van der Waals surface area contributed by atoms with Crippen molar-refractivity contribution in [3.05, 3.63) is 24.0 Å². The number of benzene rings is 1. The molecule has 0 fully saturated rings. The molecule has 0 unspecified atom stereocenters. The predicted molar refractivity (Wildman–Crippen MR) is 82.1 cm³/mol. The van der Waals surface area contributed by atoms with Crippen LogP contribution in [0.15, 0.2) is 18.2 Å². The van der Waals surface area contributed by atoms with Crippen molar-refractivity contribution in [2.75, 3.05) is 27.2 Å². The van der Waals surface area contributed by atoms with Gasteiger partial charge in [-0.2, -0.15) is 12.6 Å². The molecular formula is C14H21N3OS. The molecule has 0 radical (unpaired) electrons. The van der Waals surface area contributed by atoms with Crippen LogP contribution in [0.4, 0.5) is 0 Å². The quantitative estimate of drug-likeness (QED) is 0.824. The van der Waals surface area contributed by atoms with E-state index in [-0.39, 0.29) is 0 Å². The van der Waals surface area contributed by atoms with Crippen LogP contribution in [-0.4, -0.2) is 41.7 Å². The SMILES string of the molecule is CCOc1ccc2c(c1)nc(CS)n2CCN(C)C. The van der Waals surface area contributed by atoms with E-state index in [9.17, 15) is 0 Å². The molecule has 2 aromatic rings. The van der Waals surface area contributed by atoms with E-state index >= 15 is 0 Å². The zero-order valence-corrected chi connectivity index (χ0v) is 12.7. The molecule has 104 valence electrons. The van der Waals surface area contributed by atoms with E-state index in [1.165, 1.54) is 0 Å². The predicted octanol–water partition coefficient (Wildman–Crippen LogP) is 2.43. The third kappa shape index (κ3) is 3.22. The third-order valence-corrected chi connectivity index (χ3v) is 3.30. The van der Waals surface area contributed by atoms with Crippen LogP contribution in [0.1, 0.15) is 12.7 Å². The van der Waals surface area contributed by atoms with Crippen LogP contribution in [0.5, 0.6) is 5.75 Å². The van der Waals surface area contributed by atoms with Crippen LogP contribution in [0.3, 0.4) is 0 Å². The molecule has 0 aliphatic rings. The van der Waals surface area contributed by atoms with E-state index in [2.05, 4.69) is 47.2 Å². The van der Waals surface area contributed by atoms with E-state index in [0.717, 1.165) is 35.7 Å². The Bertz CT molecular complexity index is 551. The van der Waals surface area contributed by atoms with E-state index in [1.807, 2.05) is 19.1 Å². The lowest BCUT2D eigenvalue weighted by Crippen LogP contribution is -2.19. The Balaban J connectivity index is 2.37. The minimum absolute atomic E-state index is 0.645. The zero-order valence-electron chi connectivity index (χ0n) is 11.8. The number of fused-ring (bicyclic) bond motifs is 1. The monoisotopic (exact) mass is 279 g/mol. The average Bonchev–Trinajstić information content (AvgIpc) is 2.73. The van der Waals surface area contributed by atoms with E-state index in [4.69, 9.17) is 4.74 Å². The molecule has 0 aliphatic carbocycles. The average molecular weight is 279 g/mol. The lowest BCUT2D eigenvalue weighted by atomic mass is 10.3. The van der Waals surface area contributed by atoms with Crippen LogP contribution in [0.2, 0.25) is 0 Å². The van der Waals surface area contributed by atoms with Gasteiger partial charge in [0.1, 0.15) is 11.6 Å². The number of thiol groups is 1. The molecular weight excluding hydrogens is 258 g/mol. The Morgan fingerprint density at radius 3 is 2.79 bits per heavy atom. The van der Waals surface area contributed by atoms with Crippen LogP contribution < -0.4 is 4.74 Å². The van der Waals surface area contributed by atoms with Gasteiger partial charge in [0.15, 0.2) is 0 Å². The smallest absolute Gasteiger partial charge is 0.121 e. The van der Waals surface area contributed by atoms with Crippen molar-refractivity contribution in [3.63, 3.8) is 0 Å². The number of ether oxygens (including phenoxy) is 1. The number of imidazole rings is 1. The first-order chi connectivity index (χ1) is 9.15. The van der Waals surface area contributed by atoms with Crippen molar-refractivity contribution in [2.45, 2.75) is 19.2 Å². The van der Waals surface area contributed by atoms with Crippen LogP contribution in [0.25, 0.3) is 11.0 Å². The topological polar surface area (TPSA) is 30.3 Å². The molecule has 1 aromatic carbocycles. The molecule has 0 aliphatic heterocycles. The summed E-state index contributed by atoms with van der Waals surface area (Å²) in [4.78, 5) is 6.81. The largest absolute Gasteiger partial charge is 0.494 e. The molecule has 0 bridgehead atoms. The maximum Gasteiger partial charge on any atom is 0.121 e. The molecule has 4 nitrogen and oxygen atoms in total. The second-order valence-electron chi connectivity index (χ2n) is 4.72. The fourth-order valence-corrected chi connectivity index (χ4v) is 2.33.